The third-order valence-electron chi connectivity index (χ3n) is 7.11. The number of hydrogen-bond acceptors (Lipinski definition) is 4. The Bertz CT molecular complexity index is 1330. The number of nitrogens with zero attached hydrogens (tertiary/aromatic N) is 3. The van der Waals surface area contributed by atoms with Gasteiger partial charge >= 0.3 is 6.03 Å². The highest BCUT2D eigenvalue weighted by atomic mass is 35.5. The molecule has 3 aromatic carbocycles. The smallest absolute Gasteiger partial charge is 0.326 e. The van der Waals surface area contributed by atoms with E-state index in [0.29, 0.717) is 23.4 Å². The van der Waals surface area contributed by atoms with Gasteiger partial charge in [-0.1, -0.05) is 41.9 Å². The number of ketones is 1. The van der Waals surface area contributed by atoms with Crippen molar-refractivity contribution in [2.24, 2.45) is 0 Å². The predicted octanol–water partition coefficient (Wildman–Crippen LogP) is 4.90. The molecule has 6 nitrogen and oxygen atoms in total. The van der Waals surface area contributed by atoms with Crippen LogP contribution in [0.25, 0.3) is 11.1 Å². The first-order chi connectivity index (χ1) is 16.5. The summed E-state index contributed by atoms with van der Waals surface area (Å²) >= 11 is 6.63. The minimum atomic E-state index is -0.201. The molecule has 172 valence electrons. The SMILES string of the molecule is CN1CCN(c2cc3c(cc2Cl)CCN3C(=O)Nc2ccc3c(c2)C(=O)c2ccccc2-3)CC1. The van der Waals surface area contributed by atoms with Gasteiger partial charge in [0, 0.05) is 49.5 Å². The number of piperazine rings is 1. The average Bonchev–Trinajstić information content (AvgIpc) is 3.38. The fourth-order valence-electron chi connectivity index (χ4n) is 5.19. The highest BCUT2D eigenvalue weighted by Crippen LogP contribution is 2.39. The predicted molar refractivity (Wildman–Crippen MR) is 137 cm³/mol. The summed E-state index contributed by atoms with van der Waals surface area (Å²) in [5.74, 6) is -0.000299. The Hall–Kier alpha value is -3.35. The zero-order chi connectivity index (χ0) is 23.4. The molecule has 1 N–H and O–H groups in total. The Morgan fingerprint density at radius 2 is 1.59 bits per heavy atom. The second-order valence-corrected chi connectivity index (χ2v) is 9.60. The maximum Gasteiger partial charge on any atom is 0.326 e. The van der Waals surface area contributed by atoms with E-state index in [1.807, 2.05) is 42.5 Å². The van der Waals surface area contributed by atoms with Crippen molar-refractivity contribution < 1.29 is 9.59 Å². The Balaban J connectivity index is 1.24. The molecule has 6 rings (SSSR count). The number of amides is 2. The van der Waals surface area contributed by atoms with Crippen LogP contribution in [0.5, 0.6) is 0 Å². The van der Waals surface area contributed by atoms with Crippen molar-refractivity contribution in [2.75, 3.05) is 54.9 Å². The molecule has 0 radical (unpaired) electrons. The molecule has 3 aromatic rings. The Labute approximate surface area is 203 Å². The van der Waals surface area contributed by atoms with Crippen LogP contribution >= 0.6 is 11.6 Å². The number of nitrogens with one attached hydrogen (secondary N) is 1. The van der Waals surface area contributed by atoms with Gasteiger partial charge in [-0.05, 0) is 54.4 Å². The van der Waals surface area contributed by atoms with Gasteiger partial charge in [-0.25, -0.2) is 4.79 Å². The molecule has 1 fully saturated rings. The van der Waals surface area contributed by atoms with Gasteiger partial charge in [0.05, 0.1) is 16.4 Å². The van der Waals surface area contributed by atoms with Gasteiger partial charge in [-0.15, -0.1) is 0 Å². The van der Waals surface area contributed by atoms with Crippen molar-refractivity contribution in [2.45, 2.75) is 6.42 Å². The minimum absolute atomic E-state index is 0.000299. The molecule has 0 bridgehead atoms. The molecule has 34 heavy (non-hydrogen) atoms. The number of urea groups is 1. The highest BCUT2D eigenvalue weighted by molar-refractivity contribution is 6.33. The number of fused-ring (bicyclic) bond motifs is 4. The van der Waals surface area contributed by atoms with Gasteiger partial charge in [-0.2, -0.15) is 0 Å². The second-order valence-electron chi connectivity index (χ2n) is 9.19. The Morgan fingerprint density at radius 3 is 2.38 bits per heavy atom. The summed E-state index contributed by atoms with van der Waals surface area (Å²) in [5, 5.41) is 3.74. The van der Waals surface area contributed by atoms with Crippen molar-refractivity contribution in [3.63, 3.8) is 0 Å². The number of likely N-dealkylation sites (N-methyl/N-ethyl adjacent to an activating group) is 1. The van der Waals surface area contributed by atoms with E-state index in [4.69, 9.17) is 11.6 Å². The van der Waals surface area contributed by atoms with E-state index >= 15 is 0 Å². The number of anilines is 3. The van der Waals surface area contributed by atoms with Crippen molar-refractivity contribution in [3.05, 3.63) is 76.3 Å². The minimum Gasteiger partial charge on any atom is -0.368 e. The Kier molecular flexibility index (Phi) is 5.08. The second kappa shape index (κ2) is 8.15. The maximum absolute atomic E-state index is 13.3. The van der Waals surface area contributed by atoms with Crippen LogP contribution in [0.4, 0.5) is 21.9 Å². The first-order valence-electron chi connectivity index (χ1n) is 11.6. The molecule has 0 atom stereocenters. The molecule has 3 aliphatic rings. The average molecular weight is 473 g/mol. The third-order valence-corrected chi connectivity index (χ3v) is 7.41. The monoisotopic (exact) mass is 472 g/mol. The van der Waals surface area contributed by atoms with Crippen LogP contribution in [0.15, 0.2) is 54.6 Å². The van der Waals surface area contributed by atoms with Crippen molar-refractivity contribution in [1.29, 1.82) is 0 Å². The summed E-state index contributed by atoms with van der Waals surface area (Å²) in [7, 11) is 2.12. The molecular formula is C27H25ClN4O2. The molecule has 0 saturated carbocycles. The zero-order valence-electron chi connectivity index (χ0n) is 19.0. The lowest BCUT2D eigenvalue weighted by Crippen LogP contribution is -2.44. The number of carbonyl (C=O) groups is 2. The summed E-state index contributed by atoms with van der Waals surface area (Å²) < 4.78 is 0. The zero-order valence-corrected chi connectivity index (χ0v) is 19.7. The van der Waals surface area contributed by atoms with Crippen LogP contribution < -0.4 is 15.1 Å². The van der Waals surface area contributed by atoms with E-state index in [9.17, 15) is 9.59 Å². The summed E-state index contributed by atoms with van der Waals surface area (Å²) in [4.78, 5) is 32.5. The van der Waals surface area contributed by atoms with E-state index in [1.165, 1.54) is 0 Å². The molecule has 0 unspecified atom stereocenters. The van der Waals surface area contributed by atoms with Gasteiger partial charge in [0.1, 0.15) is 0 Å². The quantitative estimate of drug-likeness (QED) is 0.451. The van der Waals surface area contributed by atoms with Crippen LogP contribution in [0, 0.1) is 0 Å². The van der Waals surface area contributed by atoms with E-state index in [-0.39, 0.29) is 11.8 Å². The van der Waals surface area contributed by atoms with Crippen LogP contribution in [-0.4, -0.2) is 56.5 Å². The van der Waals surface area contributed by atoms with E-state index in [2.05, 4.69) is 28.2 Å². The van der Waals surface area contributed by atoms with Gasteiger partial charge in [0.25, 0.3) is 0 Å². The molecule has 1 saturated heterocycles. The summed E-state index contributed by atoms with van der Waals surface area (Å²) in [5.41, 5.74) is 6.78. The molecular weight excluding hydrogens is 448 g/mol. The van der Waals surface area contributed by atoms with Crippen LogP contribution in [0.2, 0.25) is 5.02 Å². The van der Waals surface area contributed by atoms with Gasteiger partial charge in [0.15, 0.2) is 5.78 Å². The number of hydrogen-bond donors (Lipinski definition) is 1. The maximum atomic E-state index is 13.3. The van der Waals surface area contributed by atoms with Gasteiger partial charge in [0.2, 0.25) is 0 Å². The molecule has 2 amide bonds. The van der Waals surface area contributed by atoms with Gasteiger partial charge < -0.3 is 15.1 Å². The largest absolute Gasteiger partial charge is 0.368 e. The molecule has 0 aromatic heterocycles. The highest BCUT2D eigenvalue weighted by Gasteiger charge is 2.29. The summed E-state index contributed by atoms with van der Waals surface area (Å²) in [6, 6.07) is 17.0. The fourth-order valence-corrected chi connectivity index (χ4v) is 5.50. The molecule has 7 heteroatoms. The van der Waals surface area contributed by atoms with Crippen molar-refractivity contribution in [1.82, 2.24) is 4.90 Å². The molecule has 2 heterocycles. The van der Waals surface area contributed by atoms with Crippen molar-refractivity contribution in [3.8, 4) is 11.1 Å². The van der Waals surface area contributed by atoms with Gasteiger partial charge in [-0.3, -0.25) is 9.69 Å². The normalized spacial score (nSPS) is 16.9. The summed E-state index contributed by atoms with van der Waals surface area (Å²) in [6.45, 7) is 4.38. The fraction of sp³-hybridized carbons (Fsp3) is 0.259. The Morgan fingerprint density at radius 1 is 0.853 bits per heavy atom. The molecule has 2 aliphatic heterocycles. The lowest BCUT2D eigenvalue weighted by Gasteiger charge is -2.35. The third kappa shape index (κ3) is 3.45. The number of benzene rings is 3. The van der Waals surface area contributed by atoms with Crippen LogP contribution in [0.3, 0.4) is 0 Å². The topological polar surface area (TPSA) is 55.9 Å². The number of carbonyl (C=O) groups excluding carboxylic acids is 2. The van der Waals surface area contributed by atoms with Crippen LogP contribution in [-0.2, 0) is 6.42 Å². The standard InChI is InChI=1S/C27H25ClN4O2/c1-30-10-12-31(13-11-30)25-16-24-17(14-23(25)28)8-9-32(24)27(34)29-18-6-7-20-19-4-2-3-5-21(19)26(33)22(20)15-18/h2-7,14-16H,8-13H2,1H3,(H,29,34). The van der Waals surface area contributed by atoms with E-state index < -0.39 is 0 Å². The number of rotatable bonds is 2. The first kappa shape index (κ1) is 21.2. The lowest BCUT2D eigenvalue weighted by atomic mass is 10.1. The molecule has 0 spiro atoms. The number of halogens is 1. The molecule has 1 aliphatic carbocycles. The lowest BCUT2D eigenvalue weighted by molar-refractivity contribution is 0.104. The van der Waals surface area contributed by atoms with Crippen LogP contribution in [0.1, 0.15) is 21.5 Å². The van der Waals surface area contributed by atoms with Crippen molar-refractivity contribution >= 4 is 40.5 Å². The van der Waals surface area contributed by atoms with E-state index in [1.54, 1.807) is 11.0 Å². The van der Waals surface area contributed by atoms with E-state index in [0.717, 1.165) is 65.7 Å². The first-order valence-corrected chi connectivity index (χ1v) is 12.0. The summed E-state index contributed by atoms with van der Waals surface area (Å²) in [6.07, 6.45) is 0.767.